The standard InChI is InChI=1S/C14H20O4S/c1-11-5-6-13(12(9-11)10-15)18-7-8-19(16,17)14(2,3)4/h5-6,9-10H,7-8H2,1-4H3. The molecule has 1 rings (SSSR count). The maximum atomic E-state index is 11.9. The van der Waals surface area contributed by atoms with Crippen LogP contribution in [-0.2, 0) is 9.84 Å². The predicted molar refractivity (Wildman–Crippen MR) is 75.6 cm³/mol. The highest BCUT2D eigenvalue weighted by atomic mass is 32.2. The van der Waals surface area contributed by atoms with Crippen LogP contribution in [0.4, 0.5) is 0 Å². The topological polar surface area (TPSA) is 60.4 Å². The molecule has 0 amide bonds. The molecule has 0 aromatic heterocycles. The molecule has 0 aliphatic rings. The van der Waals surface area contributed by atoms with Crippen molar-refractivity contribution in [1.29, 1.82) is 0 Å². The molecule has 0 aliphatic heterocycles. The summed E-state index contributed by atoms with van der Waals surface area (Å²) < 4.78 is 28.4. The lowest BCUT2D eigenvalue weighted by Crippen LogP contribution is -2.32. The Morgan fingerprint density at radius 1 is 1.26 bits per heavy atom. The molecule has 0 radical (unpaired) electrons. The average Bonchev–Trinajstić information content (AvgIpc) is 2.29. The van der Waals surface area contributed by atoms with E-state index < -0.39 is 14.6 Å². The number of carbonyl (C=O) groups excluding carboxylic acids is 1. The summed E-state index contributed by atoms with van der Waals surface area (Å²) >= 11 is 0. The largest absolute Gasteiger partial charge is 0.492 e. The van der Waals surface area contributed by atoms with Crippen molar-refractivity contribution in [1.82, 2.24) is 0 Å². The van der Waals surface area contributed by atoms with Gasteiger partial charge in [0.15, 0.2) is 16.1 Å². The lowest BCUT2D eigenvalue weighted by atomic mass is 10.1. The van der Waals surface area contributed by atoms with Gasteiger partial charge in [-0.3, -0.25) is 4.79 Å². The van der Waals surface area contributed by atoms with Crippen molar-refractivity contribution in [3.05, 3.63) is 29.3 Å². The monoisotopic (exact) mass is 284 g/mol. The van der Waals surface area contributed by atoms with E-state index in [0.29, 0.717) is 17.6 Å². The second-order valence-corrected chi connectivity index (χ2v) is 8.30. The second kappa shape index (κ2) is 5.74. The number of rotatable bonds is 5. The van der Waals surface area contributed by atoms with Crippen LogP contribution in [0.3, 0.4) is 0 Å². The normalized spacial score (nSPS) is 12.2. The zero-order chi connectivity index (χ0) is 14.7. The van der Waals surface area contributed by atoms with Crippen LogP contribution in [-0.4, -0.2) is 31.8 Å². The van der Waals surface area contributed by atoms with Gasteiger partial charge in [-0.25, -0.2) is 8.42 Å². The molecule has 4 nitrogen and oxygen atoms in total. The maximum absolute atomic E-state index is 11.9. The third-order valence-corrected chi connectivity index (χ3v) is 5.41. The van der Waals surface area contributed by atoms with Crippen molar-refractivity contribution in [2.24, 2.45) is 0 Å². The van der Waals surface area contributed by atoms with E-state index in [1.165, 1.54) is 0 Å². The highest BCUT2D eigenvalue weighted by Crippen LogP contribution is 2.20. The Morgan fingerprint density at radius 2 is 1.89 bits per heavy atom. The molecule has 0 spiro atoms. The van der Waals surface area contributed by atoms with E-state index in [0.717, 1.165) is 5.56 Å². The molecule has 106 valence electrons. The molecular formula is C14H20O4S. The fraction of sp³-hybridized carbons (Fsp3) is 0.500. The van der Waals surface area contributed by atoms with Gasteiger partial charge >= 0.3 is 0 Å². The highest BCUT2D eigenvalue weighted by Gasteiger charge is 2.28. The number of sulfone groups is 1. The first-order chi connectivity index (χ1) is 8.67. The molecule has 0 fully saturated rings. The highest BCUT2D eigenvalue weighted by molar-refractivity contribution is 7.92. The summed E-state index contributed by atoms with van der Waals surface area (Å²) in [5.41, 5.74) is 1.39. The Bertz CT molecular complexity index is 553. The smallest absolute Gasteiger partial charge is 0.158 e. The molecule has 5 heteroatoms. The lowest BCUT2D eigenvalue weighted by molar-refractivity contribution is 0.112. The van der Waals surface area contributed by atoms with Gasteiger partial charge in [-0.1, -0.05) is 11.6 Å². The Morgan fingerprint density at radius 3 is 2.42 bits per heavy atom. The molecule has 0 saturated heterocycles. The van der Waals surface area contributed by atoms with E-state index >= 15 is 0 Å². The summed E-state index contributed by atoms with van der Waals surface area (Å²) in [6, 6.07) is 5.21. The molecule has 0 N–H and O–H groups in total. The molecular weight excluding hydrogens is 264 g/mol. The zero-order valence-electron chi connectivity index (χ0n) is 11.8. The van der Waals surface area contributed by atoms with Crippen molar-refractivity contribution in [3.8, 4) is 5.75 Å². The van der Waals surface area contributed by atoms with Crippen LogP contribution in [0.5, 0.6) is 5.75 Å². The van der Waals surface area contributed by atoms with Gasteiger partial charge in [0.1, 0.15) is 12.4 Å². The molecule has 0 bridgehead atoms. The minimum absolute atomic E-state index is 0.0451. The van der Waals surface area contributed by atoms with Gasteiger partial charge in [0.2, 0.25) is 0 Å². The first-order valence-electron chi connectivity index (χ1n) is 6.08. The first-order valence-corrected chi connectivity index (χ1v) is 7.73. The van der Waals surface area contributed by atoms with Gasteiger partial charge < -0.3 is 4.74 Å². The van der Waals surface area contributed by atoms with Gasteiger partial charge in [-0.15, -0.1) is 0 Å². The van der Waals surface area contributed by atoms with Crippen molar-refractivity contribution >= 4 is 16.1 Å². The molecule has 0 aliphatic carbocycles. The summed E-state index contributed by atoms with van der Waals surface area (Å²) in [5, 5.41) is 0. The predicted octanol–water partition coefficient (Wildman–Crippen LogP) is 2.40. The van der Waals surface area contributed by atoms with Crippen LogP contribution < -0.4 is 4.74 Å². The zero-order valence-corrected chi connectivity index (χ0v) is 12.6. The Labute approximate surface area is 114 Å². The van der Waals surface area contributed by atoms with E-state index in [2.05, 4.69) is 0 Å². The number of carbonyl (C=O) groups is 1. The van der Waals surface area contributed by atoms with E-state index in [4.69, 9.17) is 4.74 Å². The second-order valence-electron chi connectivity index (χ2n) is 5.44. The Kier molecular flexibility index (Phi) is 4.74. The summed E-state index contributed by atoms with van der Waals surface area (Å²) in [5.74, 6) is 0.354. The number of benzene rings is 1. The average molecular weight is 284 g/mol. The van der Waals surface area contributed by atoms with Crippen molar-refractivity contribution in [2.75, 3.05) is 12.4 Å². The fourth-order valence-corrected chi connectivity index (χ4v) is 2.37. The molecule has 1 aromatic rings. The van der Waals surface area contributed by atoms with Gasteiger partial charge in [0.25, 0.3) is 0 Å². The summed E-state index contributed by atoms with van der Waals surface area (Å²) in [4.78, 5) is 10.9. The molecule has 1 aromatic carbocycles. The van der Waals surface area contributed by atoms with Gasteiger partial charge in [-0.2, -0.15) is 0 Å². The molecule has 0 saturated carbocycles. The number of ether oxygens (including phenoxy) is 1. The van der Waals surface area contributed by atoms with E-state index in [-0.39, 0.29) is 12.4 Å². The number of hydrogen-bond donors (Lipinski definition) is 0. The molecule has 0 atom stereocenters. The van der Waals surface area contributed by atoms with Crippen molar-refractivity contribution < 1.29 is 17.9 Å². The van der Waals surface area contributed by atoms with Crippen molar-refractivity contribution in [2.45, 2.75) is 32.4 Å². The van der Waals surface area contributed by atoms with E-state index in [1.54, 1.807) is 32.9 Å². The van der Waals surface area contributed by atoms with Crippen LogP contribution in [0, 0.1) is 6.92 Å². The Balaban J connectivity index is 2.72. The van der Waals surface area contributed by atoms with Crippen LogP contribution in [0.2, 0.25) is 0 Å². The summed E-state index contributed by atoms with van der Waals surface area (Å²) in [7, 11) is -3.21. The van der Waals surface area contributed by atoms with Crippen molar-refractivity contribution in [3.63, 3.8) is 0 Å². The molecule has 19 heavy (non-hydrogen) atoms. The summed E-state index contributed by atoms with van der Waals surface area (Å²) in [6.07, 6.45) is 0.709. The quantitative estimate of drug-likeness (QED) is 0.779. The lowest BCUT2D eigenvalue weighted by Gasteiger charge is -2.19. The first kappa shape index (κ1) is 15.7. The van der Waals surface area contributed by atoms with Gasteiger partial charge in [-0.05, 0) is 39.8 Å². The minimum atomic E-state index is -3.21. The van der Waals surface area contributed by atoms with Gasteiger partial charge in [0, 0.05) is 0 Å². The number of aryl methyl sites for hydroxylation is 1. The number of aldehydes is 1. The Hall–Kier alpha value is -1.36. The van der Waals surface area contributed by atoms with E-state index in [1.807, 2.05) is 13.0 Å². The van der Waals surface area contributed by atoms with Crippen LogP contribution in [0.15, 0.2) is 18.2 Å². The molecule has 0 unspecified atom stereocenters. The third kappa shape index (κ3) is 4.06. The SMILES string of the molecule is Cc1ccc(OCCS(=O)(=O)C(C)(C)C)c(C=O)c1. The third-order valence-electron chi connectivity index (χ3n) is 2.83. The van der Waals surface area contributed by atoms with E-state index in [9.17, 15) is 13.2 Å². The van der Waals surface area contributed by atoms with Gasteiger partial charge in [0.05, 0.1) is 16.1 Å². The summed E-state index contributed by atoms with van der Waals surface area (Å²) in [6.45, 7) is 6.89. The fourth-order valence-electron chi connectivity index (χ4n) is 1.46. The van der Waals surface area contributed by atoms with Crippen LogP contribution in [0.25, 0.3) is 0 Å². The molecule has 0 heterocycles. The number of hydrogen-bond acceptors (Lipinski definition) is 4. The van der Waals surface area contributed by atoms with Crippen LogP contribution in [0.1, 0.15) is 36.7 Å². The minimum Gasteiger partial charge on any atom is -0.492 e. The maximum Gasteiger partial charge on any atom is 0.158 e. The van der Waals surface area contributed by atoms with Crippen LogP contribution >= 0.6 is 0 Å².